The standard InChI is InChI=1S/C9H13N7O2S/c1-3-10-8-11-4-7(5-12-8)19(17,18)15-9-13-6-14-16(9)2/h4-6H,3H2,1-2H3,(H,10,11,12)(H,13,14,15). The third kappa shape index (κ3) is 2.96. The number of nitrogens with one attached hydrogen (secondary N) is 2. The van der Waals surface area contributed by atoms with Crippen LogP contribution in [0.1, 0.15) is 6.92 Å². The first-order valence-electron chi connectivity index (χ1n) is 5.45. The van der Waals surface area contributed by atoms with Crippen LogP contribution in [-0.4, -0.2) is 39.7 Å². The molecule has 0 spiro atoms. The molecule has 2 aromatic heterocycles. The molecule has 0 aliphatic heterocycles. The van der Waals surface area contributed by atoms with Crippen molar-refractivity contribution in [2.45, 2.75) is 11.8 Å². The van der Waals surface area contributed by atoms with E-state index in [2.05, 4.69) is 30.1 Å². The first-order chi connectivity index (χ1) is 9.03. The maximum Gasteiger partial charge on any atom is 0.267 e. The maximum atomic E-state index is 12.0. The largest absolute Gasteiger partial charge is 0.355 e. The van der Waals surface area contributed by atoms with Crippen LogP contribution in [0.2, 0.25) is 0 Å². The Balaban J connectivity index is 2.22. The van der Waals surface area contributed by atoms with Gasteiger partial charge in [-0.05, 0) is 6.92 Å². The van der Waals surface area contributed by atoms with Crippen molar-refractivity contribution in [3.05, 3.63) is 18.7 Å². The highest BCUT2D eigenvalue weighted by Gasteiger charge is 2.17. The molecule has 2 heterocycles. The zero-order valence-electron chi connectivity index (χ0n) is 10.4. The number of hydrogen-bond acceptors (Lipinski definition) is 7. The van der Waals surface area contributed by atoms with E-state index in [1.807, 2.05) is 6.92 Å². The molecule has 2 rings (SSSR count). The summed E-state index contributed by atoms with van der Waals surface area (Å²) in [6.45, 7) is 2.55. The van der Waals surface area contributed by atoms with Crippen LogP contribution in [-0.2, 0) is 17.1 Å². The van der Waals surface area contributed by atoms with Crippen molar-refractivity contribution < 1.29 is 8.42 Å². The Hall–Kier alpha value is -2.23. The second-order valence-electron chi connectivity index (χ2n) is 3.59. The topological polar surface area (TPSA) is 115 Å². The zero-order chi connectivity index (χ0) is 13.9. The van der Waals surface area contributed by atoms with E-state index in [1.54, 1.807) is 7.05 Å². The Morgan fingerprint density at radius 1 is 1.26 bits per heavy atom. The van der Waals surface area contributed by atoms with Gasteiger partial charge in [-0.2, -0.15) is 10.1 Å². The van der Waals surface area contributed by atoms with Crippen LogP contribution in [0.4, 0.5) is 11.9 Å². The van der Waals surface area contributed by atoms with Gasteiger partial charge in [0.25, 0.3) is 10.0 Å². The summed E-state index contributed by atoms with van der Waals surface area (Å²) in [6, 6.07) is 0. The molecule has 0 atom stereocenters. The number of rotatable bonds is 5. The van der Waals surface area contributed by atoms with E-state index in [9.17, 15) is 8.42 Å². The number of nitrogens with zero attached hydrogens (tertiary/aromatic N) is 5. The molecule has 2 aromatic rings. The highest BCUT2D eigenvalue weighted by molar-refractivity contribution is 7.92. The number of aryl methyl sites for hydroxylation is 1. The van der Waals surface area contributed by atoms with Gasteiger partial charge in [0.05, 0.1) is 12.4 Å². The van der Waals surface area contributed by atoms with Crippen LogP contribution in [0, 0.1) is 0 Å². The van der Waals surface area contributed by atoms with E-state index >= 15 is 0 Å². The van der Waals surface area contributed by atoms with Gasteiger partial charge in [-0.15, -0.1) is 0 Å². The average Bonchev–Trinajstić information content (AvgIpc) is 2.75. The summed E-state index contributed by atoms with van der Waals surface area (Å²) < 4.78 is 27.7. The second-order valence-corrected chi connectivity index (χ2v) is 5.27. The van der Waals surface area contributed by atoms with Crippen molar-refractivity contribution in [1.29, 1.82) is 0 Å². The first kappa shape index (κ1) is 13.2. The van der Waals surface area contributed by atoms with Crippen LogP contribution < -0.4 is 10.0 Å². The molecule has 0 radical (unpaired) electrons. The fourth-order valence-corrected chi connectivity index (χ4v) is 2.20. The SMILES string of the molecule is CCNc1ncc(S(=O)(=O)Nc2ncnn2C)cn1. The van der Waals surface area contributed by atoms with Crippen LogP contribution in [0.25, 0.3) is 0 Å². The molecule has 19 heavy (non-hydrogen) atoms. The summed E-state index contributed by atoms with van der Waals surface area (Å²) in [5.74, 6) is 0.496. The van der Waals surface area contributed by atoms with E-state index in [-0.39, 0.29) is 10.8 Å². The van der Waals surface area contributed by atoms with Gasteiger partial charge < -0.3 is 5.32 Å². The van der Waals surface area contributed by atoms with E-state index in [1.165, 1.54) is 23.4 Å². The van der Waals surface area contributed by atoms with Crippen LogP contribution in [0.5, 0.6) is 0 Å². The normalized spacial score (nSPS) is 11.3. The maximum absolute atomic E-state index is 12.0. The van der Waals surface area contributed by atoms with Crippen LogP contribution in [0.3, 0.4) is 0 Å². The summed E-state index contributed by atoms with van der Waals surface area (Å²) in [6.07, 6.45) is 3.70. The van der Waals surface area contributed by atoms with Gasteiger partial charge in [0.1, 0.15) is 11.2 Å². The lowest BCUT2D eigenvalue weighted by Crippen LogP contribution is -2.17. The molecule has 0 unspecified atom stereocenters. The molecule has 0 saturated heterocycles. The minimum atomic E-state index is -3.76. The Labute approximate surface area is 110 Å². The molecule has 0 fully saturated rings. The quantitative estimate of drug-likeness (QED) is 0.783. The molecule has 0 bridgehead atoms. The third-order valence-corrected chi connectivity index (χ3v) is 3.49. The van der Waals surface area contributed by atoms with Gasteiger partial charge in [0, 0.05) is 13.6 Å². The van der Waals surface area contributed by atoms with E-state index in [0.29, 0.717) is 12.5 Å². The predicted octanol–water partition coefficient (Wildman–Crippen LogP) is -0.162. The lowest BCUT2D eigenvalue weighted by molar-refractivity contribution is 0.599. The molecular weight excluding hydrogens is 270 g/mol. The fourth-order valence-electron chi connectivity index (χ4n) is 1.27. The third-order valence-electron chi connectivity index (χ3n) is 2.21. The Bertz CT molecular complexity index is 649. The summed E-state index contributed by atoms with van der Waals surface area (Å²) in [5, 5.41) is 6.65. The highest BCUT2D eigenvalue weighted by Crippen LogP contribution is 2.12. The second kappa shape index (κ2) is 5.18. The molecule has 10 heteroatoms. The Morgan fingerprint density at radius 2 is 1.95 bits per heavy atom. The molecule has 2 N–H and O–H groups in total. The molecule has 0 aliphatic rings. The molecule has 0 amide bonds. The number of aromatic nitrogens is 5. The van der Waals surface area contributed by atoms with Gasteiger partial charge in [0.15, 0.2) is 0 Å². The van der Waals surface area contributed by atoms with Crippen LogP contribution >= 0.6 is 0 Å². The molecule has 0 saturated carbocycles. The lowest BCUT2D eigenvalue weighted by atomic mass is 10.6. The van der Waals surface area contributed by atoms with Gasteiger partial charge in [0.2, 0.25) is 11.9 Å². The number of anilines is 2. The minimum Gasteiger partial charge on any atom is -0.355 e. The minimum absolute atomic E-state index is 0.0443. The summed E-state index contributed by atoms with van der Waals surface area (Å²) in [7, 11) is -2.18. The van der Waals surface area contributed by atoms with Crippen molar-refractivity contribution in [2.24, 2.45) is 7.05 Å². The van der Waals surface area contributed by atoms with Crippen molar-refractivity contribution in [3.63, 3.8) is 0 Å². The van der Waals surface area contributed by atoms with Crippen molar-refractivity contribution in [2.75, 3.05) is 16.6 Å². The summed E-state index contributed by atoms with van der Waals surface area (Å²) >= 11 is 0. The number of hydrogen-bond donors (Lipinski definition) is 2. The van der Waals surface area contributed by atoms with E-state index in [0.717, 1.165) is 0 Å². The van der Waals surface area contributed by atoms with Gasteiger partial charge in [-0.1, -0.05) is 0 Å². The predicted molar refractivity (Wildman–Crippen MR) is 68.0 cm³/mol. The van der Waals surface area contributed by atoms with E-state index in [4.69, 9.17) is 0 Å². The Kier molecular flexibility index (Phi) is 3.60. The molecular formula is C9H13N7O2S. The molecule has 102 valence electrons. The lowest BCUT2D eigenvalue weighted by Gasteiger charge is -2.06. The van der Waals surface area contributed by atoms with Crippen molar-refractivity contribution >= 4 is 21.9 Å². The monoisotopic (exact) mass is 283 g/mol. The van der Waals surface area contributed by atoms with Gasteiger partial charge in [-0.25, -0.2) is 27.8 Å². The molecule has 0 aromatic carbocycles. The first-order valence-corrected chi connectivity index (χ1v) is 6.94. The zero-order valence-corrected chi connectivity index (χ0v) is 11.2. The summed E-state index contributed by atoms with van der Waals surface area (Å²) in [5.41, 5.74) is 0. The summed E-state index contributed by atoms with van der Waals surface area (Å²) in [4.78, 5) is 11.5. The molecule has 9 nitrogen and oxygen atoms in total. The van der Waals surface area contributed by atoms with Crippen LogP contribution in [0.15, 0.2) is 23.6 Å². The molecule has 0 aliphatic carbocycles. The van der Waals surface area contributed by atoms with E-state index < -0.39 is 10.0 Å². The van der Waals surface area contributed by atoms with Gasteiger partial charge in [-0.3, -0.25) is 0 Å². The van der Waals surface area contributed by atoms with Crippen molar-refractivity contribution in [3.8, 4) is 0 Å². The fraction of sp³-hybridized carbons (Fsp3) is 0.333. The Morgan fingerprint density at radius 3 is 2.47 bits per heavy atom. The number of sulfonamides is 1. The average molecular weight is 283 g/mol. The highest BCUT2D eigenvalue weighted by atomic mass is 32.2. The van der Waals surface area contributed by atoms with Gasteiger partial charge >= 0.3 is 0 Å². The van der Waals surface area contributed by atoms with Crippen molar-refractivity contribution in [1.82, 2.24) is 24.7 Å². The smallest absolute Gasteiger partial charge is 0.267 e.